The quantitative estimate of drug-likeness (QED) is 0.714. The van der Waals surface area contributed by atoms with Gasteiger partial charge in [0.1, 0.15) is 0 Å². The number of carbonyl (C=O) groups is 1. The average Bonchev–Trinajstić information content (AvgIpc) is 2.61. The molecule has 80 valence electrons. The highest BCUT2D eigenvalue weighted by Crippen LogP contribution is 2.22. The largest absolute Gasteiger partial charge is 0.381 e. The van der Waals surface area contributed by atoms with Gasteiger partial charge in [0, 0.05) is 26.3 Å². The van der Waals surface area contributed by atoms with Crippen LogP contribution in [0.1, 0.15) is 19.8 Å². The summed E-state index contributed by atoms with van der Waals surface area (Å²) in [6.45, 7) is 5.41. The first-order chi connectivity index (χ1) is 6.81. The molecule has 2 heterocycles. The number of amides is 2. The Morgan fingerprint density at radius 2 is 2.21 bits per heavy atom. The summed E-state index contributed by atoms with van der Waals surface area (Å²) in [5, 5.41) is 3.06. The lowest BCUT2D eigenvalue weighted by Gasteiger charge is -2.26. The Balaban J connectivity index is 1.90. The molecule has 4 nitrogen and oxygen atoms in total. The van der Waals surface area contributed by atoms with Gasteiger partial charge < -0.3 is 15.0 Å². The molecular formula is C10H18N2O2. The Kier molecular flexibility index (Phi) is 2.91. The van der Waals surface area contributed by atoms with Gasteiger partial charge in [0.05, 0.1) is 6.04 Å². The van der Waals surface area contributed by atoms with Crippen molar-refractivity contribution in [2.24, 2.45) is 5.92 Å². The summed E-state index contributed by atoms with van der Waals surface area (Å²) >= 11 is 0. The number of hydrogen-bond donors (Lipinski definition) is 1. The number of hydrogen-bond acceptors (Lipinski definition) is 2. The van der Waals surface area contributed by atoms with Gasteiger partial charge in [-0.3, -0.25) is 0 Å². The highest BCUT2D eigenvalue weighted by atomic mass is 16.5. The third kappa shape index (κ3) is 1.85. The molecule has 0 aromatic rings. The van der Waals surface area contributed by atoms with Crippen molar-refractivity contribution >= 4 is 6.03 Å². The van der Waals surface area contributed by atoms with Crippen molar-refractivity contribution in [1.82, 2.24) is 10.2 Å². The smallest absolute Gasteiger partial charge is 0.317 e. The molecule has 1 N–H and O–H groups in total. The molecule has 0 aromatic heterocycles. The molecule has 2 fully saturated rings. The first kappa shape index (κ1) is 9.77. The minimum atomic E-state index is 0.101. The van der Waals surface area contributed by atoms with Crippen LogP contribution >= 0.6 is 0 Å². The molecule has 2 amide bonds. The normalized spacial score (nSPS) is 29.4. The van der Waals surface area contributed by atoms with Crippen molar-refractivity contribution in [3.8, 4) is 0 Å². The van der Waals surface area contributed by atoms with Crippen molar-refractivity contribution in [1.29, 1.82) is 0 Å². The van der Waals surface area contributed by atoms with Crippen LogP contribution in [0.5, 0.6) is 0 Å². The molecule has 0 spiro atoms. The summed E-state index contributed by atoms with van der Waals surface area (Å²) < 4.78 is 5.31. The van der Waals surface area contributed by atoms with E-state index in [1.165, 1.54) is 0 Å². The zero-order valence-corrected chi connectivity index (χ0v) is 8.66. The summed E-state index contributed by atoms with van der Waals surface area (Å²) in [6, 6.07) is 0.454. The number of likely N-dealkylation sites (N-methyl/N-ethyl adjacent to an activating group) is 1. The maximum atomic E-state index is 11.4. The molecule has 2 aliphatic heterocycles. The lowest BCUT2D eigenvalue weighted by atomic mass is 9.92. The van der Waals surface area contributed by atoms with E-state index in [4.69, 9.17) is 4.74 Å². The standard InChI is InChI=1S/C10H18N2O2/c1-2-12-7-9(11-10(12)13)8-3-5-14-6-4-8/h8-9H,2-7H2,1H3,(H,11,13). The van der Waals surface area contributed by atoms with E-state index in [2.05, 4.69) is 5.32 Å². The van der Waals surface area contributed by atoms with Gasteiger partial charge in [-0.2, -0.15) is 0 Å². The summed E-state index contributed by atoms with van der Waals surface area (Å²) in [6.07, 6.45) is 2.17. The highest BCUT2D eigenvalue weighted by molar-refractivity contribution is 5.76. The molecule has 2 aliphatic rings. The summed E-state index contributed by atoms with van der Waals surface area (Å²) in [7, 11) is 0. The Morgan fingerprint density at radius 1 is 1.50 bits per heavy atom. The van der Waals surface area contributed by atoms with Crippen LogP contribution < -0.4 is 5.32 Å². The van der Waals surface area contributed by atoms with E-state index < -0.39 is 0 Å². The molecule has 0 bridgehead atoms. The fraction of sp³-hybridized carbons (Fsp3) is 0.900. The number of carbonyl (C=O) groups excluding carboxylic acids is 1. The van der Waals surface area contributed by atoms with Gasteiger partial charge in [0.2, 0.25) is 0 Å². The molecule has 0 aromatic carbocycles. The average molecular weight is 198 g/mol. The third-order valence-corrected chi connectivity index (χ3v) is 3.23. The molecule has 2 rings (SSSR count). The van der Waals surface area contributed by atoms with Crippen LogP contribution in [0.2, 0.25) is 0 Å². The van der Waals surface area contributed by atoms with Gasteiger partial charge in [-0.1, -0.05) is 0 Å². The molecule has 4 heteroatoms. The number of ether oxygens (including phenoxy) is 1. The molecule has 0 aliphatic carbocycles. The maximum Gasteiger partial charge on any atom is 0.317 e. The van der Waals surface area contributed by atoms with Crippen molar-refractivity contribution in [2.75, 3.05) is 26.3 Å². The van der Waals surface area contributed by atoms with Crippen molar-refractivity contribution in [3.63, 3.8) is 0 Å². The number of nitrogens with zero attached hydrogens (tertiary/aromatic N) is 1. The van der Waals surface area contributed by atoms with Crippen LogP contribution in [0.3, 0.4) is 0 Å². The second kappa shape index (κ2) is 4.17. The molecule has 0 saturated carbocycles. The van der Waals surface area contributed by atoms with Crippen molar-refractivity contribution in [2.45, 2.75) is 25.8 Å². The Labute approximate surface area is 84.6 Å². The van der Waals surface area contributed by atoms with Gasteiger partial charge in [-0.15, -0.1) is 0 Å². The van der Waals surface area contributed by atoms with E-state index in [1.54, 1.807) is 0 Å². The SMILES string of the molecule is CCN1CC(C2CCOCC2)NC1=O. The van der Waals surface area contributed by atoms with E-state index in [-0.39, 0.29) is 6.03 Å². The third-order valence-electron chi connectivity index (χ3n) is 3.23. The predicted octanol–water partition coefficient (Wildman–Crippen LogP) is 0.827. The Bertz CT molecular complexity index is 214. The van der Waals surface area contributed by atoms with Crippen molar-refractivity contribution in [3.05, 3.63) is 0 Å². The Morgan fingerprint density at radius 3 is 2.79 bits per heavy atom. The van der Waals surface area contributed by atoms with Crippen LogP contribution in [-0.2, 0) is 4.74 Å². The van der Waals surface area contributed by atoms with Crippen molar-refractivity contribution < 1.29 is 9.53 Å². The maximum absolute atomic E-state index is 11.4. The molecule has 2 saturated heterocycles. The van der Waals surface area contributed by atoms with Crippen LogP contribution in [-0.4, -0.2) is 43.3 Å². The zero-order valence-electron chi connectivity index (χ0n) is 8.66. The van der Waals surface area contributed by atoms with Crippen LogP contribution in [0.25, 0.3) is 0 Å². The van der Waals surface area contributed by atoms with Crippen LogP contribution in [0.15, 0.2) is 0 Å². The first-order valence-electron chi connectivity index (χ1n) is 5.44. The van der Waals surface area contributed by atoms with Gasteiger partial charge >= 0.3 is 6.03 Å². The fourth-order valence-corrected chi connectivity index (χ4v) is 2.27. The predicted molar refractivity (Wildman–Crippen MR) is 53.1 cm³/mol. The van der Waals surface area contributed by atoms with E-state index in [9.17, 15) is 4.79 Å². The molecular weight excluding hydrogens is 180 g/mol. The van der Waals surface area contributed by atoms with E-state index >= 15 is 0 Å². The topological polar surface area (TPSA) is 41.6 Å². The number of urea groups is 1. The minimum absolute atomic E-state index is 0.101. The van der Waals surface area contributed by atoms with Gasteiger partial charge in [-0.25, -0.2) is 4.79 Å². The van der Waals surface area contributed by atoms with Crippen LogP contribution in [0.4, 0.5) is 4.79 Å². The second-order valence-electron chi connectivity index (χ2n) is 4.04. The lowest BCUT2D eigenvalue weighted by molar-refractivity contribution is 0.0567. The van der Waals surface area contributed by atoms with Crippen LogP contribution in [0, 0.1) is 5.92 Å². The highest BCUT2D eigenvalue weighted by Gasteiger charge is 2.33. The fourth-order valence-electron chi connectivity index (χ4n) is 2.27. The van der Waals surface area contributed by atoms with E-state index in [0.29, 0.717) is 12.0 Å². The van der Waals surface area contributed by atoms with Gasteiger partial charge in [0.25, 0.3) is 0 Å². The monoisotopic (exact) mass is 198 g/mol. The minimum Gasteiger partial charge on any atom is -0.381 e. The van der Waals surface area contributed by atoms with Gasteiger partial charge in [0.15, 0.2) is 0 Å². The second-order valence-corrected chi connectivity index (χ2v) is 4.04. The molecule has 0 radical (unpaired) electrons. The molecule has 1 atom stereocenters. The van der Waals surface area contributed by atoms with Gasteiger partial charge in [-0.05, 0) is 25.7 Å². The summed E-state index contributed by atoms with van der Waals surface area (Å²) in [5.41, 5.74) is 0. The summed E-state index contributed by atoms with van der Waals surface area (Å²) in [5.74, 6) is 0.615. The molecule has 1 unspecified atom stereocenters. The lowest BCUT2D eigenvalue weighted by Crippen LogP contribution is -2.37. The number of rotatable bonds is 2. The van der Waals surface area contributed by atoms with E-state index in [0.717, 1.165) is 39.1 Å². The Hall–Kier alpha value is -0.770. The zero-order chi connectivity index (χ0) is 9.97. The molecule has 14 heavy (non-hydrogen) atoms. The van der Waals surface area contributed by atoms with E-state index in [1.807, 2.05) is 11.8 Å². The number of nitrogens with one attached hydrogen (secondary N) is 1. The summed E-state index contributed by atoms with van der Waals surface area (Å²) in [4.78, 5) is 13.3. The first-order valence-corrected chi connectivity index (χ1v) is 5.44.